The van der Waals surface area contributed by atoms with Crippen molar-refractivity contribution < 1.29 is 9.53 Å². The van der Waals surface area contributed by atoms with Gasteiger partial charge in [-0.15, -0.1) is 0 Å². The monoisotopic (exact) mass is 558 g/mol. The molecule has 0 unspecified atom stereocenters. The van der Waals surface area contributed by atoms with Crippen LogP contribution in [0.15, 0.2) is 128 Å². The van der Waals surface area contributed by atoms with Crippen LogP contribution in [0.4, 0.5) is 0 Å². The number of imidazole rings is 1. The molecule has 1 amide bonds. The van der Waals surface area contributed by atoms with Crippen molar-refractivity contribution in [2.24, 2.45) is 5.73 Å². The van der Waals surface area contributed by atoms with Crippen molar-refractivity contribution in [2.45, 2.75) is 44.3 Å². The number of carbonyl (C=O) groups is 1. The van der Waals surface area contributed by atoms with Gasteiger partial charge in [0.25, 0.3) is 0 Å². The molecule has 6 nitrogen and oxygen atoms in total. The zero-order valence-electron chi connectivity index (χ0n) is 24.0. The van der Waals surface area contributed by atoms with Gasteiger partial charge < -0.3 is 20.4 Å². The van der Waals surface area contributed by atoms with E-state index in [-0.39, 0.29) is 5.91 Å². The van der Waals surface area contributed by atoms with E-state index in [1.807, 2.05) is 55.0 Å². The van der Waals surface area contributed by atoms with E-state index in [0.717, 1.165) is 46.5 Å². The molecule has 5 aromatic rings. The van der Waals surface area contributed by atoms with Gasteiger partial charge in [0.1, 0.15) is 11.3 Å². The molecule has 0 aliphatic heterocycles. The number of hydrogen-bond donors (Lipinski definition) is 2. The molecule has 1 aromatic heterocycles. The van der Waals surface area contributed by atoms with Crippen LogP contribution in [0.1, 0.15) is 47.7 Å². The molecule has 0 aliphatic rings. The number of rotatable bonds is 13. The minimum Gasteiger partial charge on any atom is -0.494 e. The molecule has 0 saturated carbocycles. The summed E-state index contributed by atoms with van der Waals surface area (Å²) in [5, 5.41) is 2.97. The normalized spacial score (nSPS) is 12.0. The lowest BCUT2D eigenvalue weighted by molar-refractivity contribution is -0.122. The SMILES string of the molecule is CCCCOc1ccc(CNC(=O)[C@@H](N)Cc2cn(C(c3ccccc3)(c3ccccc3)c3ccccc3)cn2)cc1. The second-order valence-electron chi connectivity index (χ2n) is 10.5. The van der Waals surface area contributed by atoms with Gasteiger partial charge in [-0.2, -0.15) is 0 Å². The van der Waals surface area contributed by atoms with Gasteiger partial charge in [-0.1, -0.05) is 116 Å². The number of benzene rings is 4. The summed E-state index contributed by atoms with van der Waals surface area (Å²) >= 11 is 0. The maximum atomic E-state index is 12.9. The highest BCUT2D eigenvalue weighted by atomic mass is 16.5. The van der Waals surface area contributed by atoms with Crippen LogP contribution >= 0.6 is 0 Å². The first-order valence-electron chi connectivity index (χ1n) is 14.6. The summed E-state index contributed by atoms with van der Waals surface area (Å²) in [6.45, 7) is 3.24. The molecule has 0 radical (unpaired) electrons. The third kappa shape index (κ3) is 6.45. The Hall–Kier alpha value is -4.68. The Kier molecular flexibility index (Phi) is 9.47. The lowest BCUT2D eigenvalue weighted by Crippen LogP contribution is -2.41. The van der Waals surface area contributed by atoms with Crippen molar-refractivity contribution >= 4 is 5.91 Å². The smallest absolute Gasteiger partial charge is 0.237 e. The van der Waals surface area contributed by atoms with Crippen LogP contribution in [0.25, 0.3) is 0 Å². The van der Waals surface area contributed by atoms with E-state index in [0.29, 0.717) is 19.6 Å². The number of carbonyl (C=O) groups excluding carboxylic acids is 1. The van der Waals surface area contributed by atoms with Crippen LogP contribution in [0, 0.1) is 0 Å². The molecular formula is C36H38N4O2. The number of amides is 1. The van der Waals surface area contributed by atoms with E-state index >= 15 is 0 Å². The fraction of sp³-hybridized carbons (Fsp3) is 0.222. The predicted molar refractivity (Wildman–Crippen MR) is 167 cm³/mol. The Morgan fingerprint density at radius 1 is 0.857 bits per heavy atom. The van der Waals surface area contributed by atoms with Crippen LogP contribution in [-0.2, 0) is 23.3 Å². The van der Waals surface area contributed by atoms with E-state index in [2.05, 4.69) is 89.6 Å². The summed E-state index contributed by atoms with van der Waals surface area (Å²) in [5.41, 5.74) is 10.8. The predicted octanol–water partition coefficient (Wildman–Crippen LogP) is 6.09. The maximum Gasteiger partial charge on any atom is 0.237 e. The number of nitrogens with one attached hydrogen (secondary N) is 1. The van der Waals surface area contributed by atoms with Gasteiger partial charge in [0.2, 0.25) is 5.91 Å². The molecule has 0 aliphatic carbocycles. The molecule has 42 heavy (non-hydrogen) atoms. The summed E-state index contributed by atoms with van der Waals surface area (Å²) in [6, 6.07) is 38.3. The third-order valence-electron chi connectivity index (χ3n) is 7.52. The first-order valence-corrected chi connectivity index (χ1v) is 14.6. The summed E-state index contributed by atoms with van der Waals surface area (Å²) in [6.07, 6.45) is 6.30. The lowest BCUT2D eigenvalue weighted by atomic mass is 9.77. The van der Waals surface area contributed by atoms with Crippen molar-refractivity contribution in [1.29, 1.82) is 0 Å². The third-order valence-corrected chi connectivity index (χ3v) is 7.52. The van der Waals surface area contributed by atoms with Gasteiger partial charge in [0, 0.05) is 19.2 Å². The molecule has 5 rings (SSSR count). The van der Waals surface area contributed by atoms with E-state index in [1.54, 1.807) is 0 Å². The summed E-state index contributed by atoms with van der Waals surface area (Å²) in [5.74, 6) is 0.622. The molecule has 6 heteroatoms. The van der Waals surface area contributed by atoms with Crippen molar-refractivity contribution in [3.8, 4) is 5.75 Å². The highest BCUT2D eigenvalue weighted by Crippen LogP contribution is 2.40. The quantitative estimate of drug-likeness (QED) is 0.135. The average Bonchev–Trinajstić information content (AvgIpc) is 3.51. The highest BCUT2D eigenvalue weighted by molar-refractivity contribution is 5.81. The Morgan fingerprint density at radius 3 is 1.93 bits per heavy atom. The van der Waals surface area contributed by atoms with E-state index in [4.69, 9.17) is 15.5 Å². The maximum absolute atomic E-state index is 12.9. The van der Waals surface area contributed by atoms with Crippen LogP contribution in [0.5, 0.6) is 5.75 Å². The van der Waals surface area contributed by atoms with Crippen LogP contribution < -0.4 is 15.8 Å². The molecule has 3 N–H and O–H groups in total. The molecule has 4 aromatic carbocycles. The van der Waals surface area contributed by atoms with Crippen LogP contribution in [0.2, 0.25) is 0 Å². The molecule has 0 spiro atoms. The van der Waals surface area contributed by atoms with E-state index in [9.17, 15) is 4.79 Å². The van der Waals surface area contributed by atoms with Crippen LogP contribution in [0.3, 0.4) is 0 Å². The zero-order valence-corrected chi connectivity index (χ0v) is 24.0. The Labute approximate surface area is 248 Å². The second-order valence-corrected chi connectivity index (χ2v) is 10.5. The molecule has 1 heterocycles. The fourth-order valence-electron chi connectivity index (χ4n) is 5.31. The van der Waals surface area contributed by atoms with E-state index in [1.165, 1.54) is 0 Å². The van der Waals surface area contributed by atoms with Gasteiger partial charge in [-0.05, 0) is 40.8 Å². The van der Waals surface area contributed by atoms with E-state index < -0.39 is 11.6 Å². The number of nitrogens with zero attached hydrogens (tertiary/aromatic N) is 2. The molecular weight excluding hydrogens is 520 g/mol. The Morgan fingerprint density at radius 2 is 1.40 bits per heavy atom. The van der Waals surface area contributed by atoms with Gasteiger partial charge in [-0.3, -0.25) is 4.79 Å². The number of hydrogen-bond acceptors (Lipinski definition) is 4. The minimum absolute atomic E-state index is 0.215. The summed E-state index contributed by atoms with van der Waals surface area (Å²) in [7, 11) is 0. The molecule has 0 bridgehead atoms. The van der Waals surface area contributed by atoms with Crippen molar-refractivity contribution in [3.05, 3.63) is 156 Å². The van der Waals surface area contributed by atoms with Gasteiger partial charge in [0.15, 0.2) is 0 Å². The fourth-order valence-corrected chi connectivity index (χ4v) is 5.31. The topological polar surface area (TPSA) is 82.2 Å². The lowest BCUT2D eigenvalue weighted by Gasteiger charge is -2.37. The van der Waals surface area contributed by atoms with Crippen molar-refractivity contribution in [2.75, 3.05) is 6.61 Å². The second kappa shape index (κ2) is 13.8. The van der Waals surface area contributed by atoms with Gasteiger partial charge in [-0.25, -0.2) is 4.98 Å². The van der Waals surface area contributed by atoms with Crippen molar-refractivity contribution in [3.63, 3.8) is 0 Å². The Bertz CT molecular complexity index is 1440. The molecule has 214 valence electrons. The number of unbranched alkanes of at least 4 members (excludes halogenated alkanes) is 1. The van der Waals surface area contributed by atoms with Gasteiger partial charge in [0.05, 0.1) is 24.7 Å². The number of aromatic nitrogens is 2. The number of ether oxygens (including phenoxy) is 1. The highest BCUT2D eigenvalue weighted by Gasteiger charge is 2.38. The average molecular weight is 559 g/mol. The first-order chi connectivity index (χ1) is 20.6. The van der Waals surface area contributed by atoms with Crippen molar-refractivity contribution in [1.82, 2.24) is 14.9 Å². The zero-order chi connectivity index (χ0) is 29.2. The first kappa shape index (κ1) is 28.8. The molecule has 0 saturated heterocycles. The summed E-state index contributed by atoms with van der Waals surface area (Å²) in [4.78, 5) is 17.7. The van der Waals surface area contributed by atoms with Crippen LogP contribution in [-0.4, -0.2) is 28.1 Å². The molecule has 1 atom stereocenters. The van der Waals surface area contributed by atoms with Gasteiger partial charge >= 0.3 is 0 Å². The summed E-state index contributed by atoms with van der Waals surface area (Å²) < 4.78 is 7.86. The standard InChI is InChI=1S/C36H38N4O2/c1-2-3-23-42-33-21-19-28(20-22-33)25-38-35(41)34(37)24-32-26-40(27-39-32)36(29-13-7-4-8-14-29,30-15-9-5-10-16-30)31-17-11-6-12-18-31/h4-22,26-27,34H,2-3,23-25,37H2,1H3,(H,38,41)/t34-/m0/s1. The Balaban J connectivity index is 1.34. The number of nitrogens with two attached hydrogens (primary N) is 1. The molecule has 0 fully saturated rings. The largest absolute Gasteiger partial charge is 0.494 e. The minimum atomic E-state index is -0.732.